The number of anilines is 1. The first-order valence-electron chi connectivity index (χ1n) is 5.44. The second-order valence-corrected chi connectivity index (χ2v) is 5.04. The Labute approximate surface area is 118 Å². The van der Waals surface area contributed by atoms with Crippen molar-refractivity contribution < 1.29 is 4.39 Å². The van der Waals surface area contributed by atoms with E-state index in [-0.39, 0.29) is 5.82 Å². The van der Waals surface area contributed by atoms with Crippen molar-refractivity contribution in [1.29, 1.82) is 0 Å². The Balaban J connectivity index is 1.99. The van der Waals surface area contributed by atoms with E-state index in [2.05, 4.69) is 26.2 Å². The average Bonchev–Trinajstić information content (AvgIpc) is 2.34. The largest absolute Gasteiger partial charge is 0.383 e. The van der Waals surface area contributed by atoms with Gasteiger partial charge in [-0.1, -0.05) is 17.7 Å². The third-order valence-electron chi connectivity index (χ3n) is 2.45. The molecule has 0 aliphatic carbocycles. The number of nitrogens with one attached hydrogen (secondary N) is 1. The van der Waals surface area contributed by atoms with Gasteiger partial charge in [0.15, 0.2) is 0 Å². The van der Waals surface area contributed by atoms with Gasteiger partial charge < -0.3 is 5.32 Å². The number of hydrogen-bond donors (Lipinski definition) is 1. The van der Waals surface area contributed by atoms with E-state index >= 15 is 0 Å². The molecule has 18 heavy (non-hydrogen) atoms. The van der Waals surface area contributed by atoms with Crippen LogP contribution < -0.4 is 5.32 Å². The van der Waals surface area contributed by atoms with Gasteiger partial charge in [0.25, 0.3) is 0 Å². The van der Waals surface area contributed by atoms with Crippen LogP contribution >= 0.6 is 27.5 Å². The van der Waals surface area contributed by atoms with E-state index in [9.17, 15) is 4.39 Å². The van der Waals surface area contributed by atoms with E-state index in [0.717, 1.165) is 12.0 Å². The molecule has 0 unspecified atom stereocenters. The molecule has 0 bridgehead atoms. The number of nitrogens with zero attached hydrogens (tertiary/aromatic N) is 1. The van der Waals surface area contributed by atoms with Gasteiger partial charge in [-0.05, 0) is 46.1 Å². The van der Waals surface area contributed by atoms with E-state index < -0.39 is 0 Å². The maximum Gasteiger partial charge on any atom is 0.125 e. The van der Waals surface area contributed by atoms with Crippen molar-refractivity contribution in [2.24, 2.45) is 0 Å². The van der Waals surface area contributed by atoms with E-state index in [1.165, 1.54) is 12.1 Å². The van der Waals surface area contributed by atoms with Crippen LogP contribution in [0.3, 0.4) is 0 Å². The number of aromatic nitrogens is 1. The van der Waals surface area contributed by atoms with Crippen molar-refractivity contribution in [3.05, 3.63) is 57.5 Å². The highest BCUT2D eigenvalue weighted by Gasteiger charge is 2.07. The van der Waals surface area contributed by atoms with Gasteiger partial charge in [-0.3, -0.25) is 4.98 Å². The zero-order valence-corrected chi connectivity index (χ0v) is 11.8. The molecule has 2 aromatic rings. The zero-order valence-electron chi connectivity index (χ0n) is 9.46. The fraction of sp³-hybridized carbons (Fsp3) is 0.154. The summed E-state index contributed by atoms with van der Waals surface area (Å²) in [6.07, 6.45) is 4.39. The van der Waals surface area contributed by atoms with Crippen LogP contribution in [0.1, 0.15) is 5.56 Å². The molecule has 5 heteroatoms. The first-order chi connectivity index (χ1) is 8.66. The SMILES string of the molecule is Fc1cc(Cl)c(NCCc2cccnc2)c(Br)c1. The van der Waals surface area contributed by atoms with Gasteiger partial charge in [-0.2, -0.15) is 0 Å². The molecule has 0 saturated heterocycles. The van der Waals surface area contributed by atoms with Gasteiger partial charge in [0.2, 0.25) is 0 Å². The van der Waals surface area contributed by atoms with Crippen LogP contribution in [-0.4, -0.2) is 11.5 Å². The Hall–Kier alpha value is -1.13. The Morgan fingerprint density at radius 2 is 2.22 bits per heavy atom. The molecule has 0 aliphatic heterocycles. The number of benzene rings is 1. The number of halogens is 3. The molecule has 0 radical (unpaired) electrons. The fourth-order valence-corrected chi connectivity index (χ4v) is 2.55. The quantitative estimate of drug-likeness (QED) is 0.905. The predicted molar refractivity (Wildman–Crippen MR) is 75.5 cm³/mol. The molecule has 0 spiro atoms. The standard InChI is InChI=1S/C13H11BrClFN2/c14-11-6-10(16)7-12(15)13(11)18-5-3-9-2-1-4-17-8-9/h1-2,4,6-8,18H,3,5H2. The highest BCUT2D eigenvalue weighted by atomic mass is 79.9. The van der Waals surface area contributed by atoms with Crippen molar-refractivity contribution in [2.75, 3.05) is 11.9 Å². The Bertz CT molecular complexity index is 511. The zero-order chi connectivity index (χ0) is 13.0. The normalized spacial score (nSPS) is 10.4. The molecule has 0 fully saturated rings. The molecule has 1 aromatic carbocycles. The number of rotatable bonds is 4. The maximum atomic E-state index is 13.0. The van der Waals surface area contributed by atoms with Gasteiger partial charge in [0.05, 0.1) is 10.7 Å². The smallest absolute Gasteiger partial charge is 0.125 e. The average molecular weight is 330 g/mol. The summed E-state index contributed by atoms with van der Waals surface area (Å²) in [6, 6.07) is 6.59. The van der Waals surface area contributed by atoms with Crippen LogP contribution in [0.2, 0.25) is 5.02 Å². The van der Waals surface area contributed by atoms with Gasteiger partial charge in [0, 0.05) is 23.4 Å². The topological polar surface area (TPSA) is 24.9 Å². The third kappa shape index (κ3) is 3.43. The number of pyridine rings is 1. The Morgan fingerprint density at radius 3 is 2.89 bits per heavy atom. The molecule has 0 aliphatic rings. The summed E-state index contributed by atoms with van der Waals surface area (Å²) in [6.45, 7) is 0.704. The second-order valence-electron chi connectivity index (χ2n) is 3.78. The molecule has 1 heterocycles. The monoisotopic (exact) mass is 328 g/mol. The van der Waals surface area contributed by atoms with E-state index in [0.29, 0.717) is 21.7 Å². The third-order valence-corrected chi connectivity index (χ3v) is 3.37. The summed E-state index contributed by atoms with van der Waals surface area (Å²) in [7, 11) is 0. The lowest BCUT2D eigenvalue weighted by Gasteiger charge is -2.10. The van der Waals surface area contributed by atoms with Crippen LogP contribution in [0.15, 0.2) is 41.1 Å². The summed E-state index contributed by atoms with van der Waals surface area (Å²) in [5.41, 5.74) is 1.85. The van der Waals surface area contributed by atoms with Gasteiger partial charge in [-0.25, -0.2) is 4.39 Å². The van der Waals surface area contributed by atoms with Gasteiger partial charge in [-0.15, -0.1) is 0 Å². The van der Waals surface area contributed by atoms with Gasteiger partial charge >= 0.3 is 0 Å². The lowest BCUT2D eigenvalue weighted by Crippen LogP contribution is -2.06. The van der Waals surface area contributed by atoms with Crippen LogP contribution in [0.25, 0.3) is 0 Å². The van der Waals surface area contributed by atoms with Crippen LogP contribution in [0.5, 0.6) is 0 Å². The lowest BCUT2D eigenvalue weighted by molar-refractivity contribution is 0.627. The van der Waals surface area contributed by atoms with Crippen LogP contribution in [-0.2, 0) is 6.42 Å². The lowest BCUT2D eigenvalue weighted by atomic mass is 10.2. The summed E-state index contributed by atoms with van der Waals surface area (Å²) in [5, 5.41) is 3.55. The Kier molecular flexibility index (Phi) is 4.55. The summed E-state index contributed by atoms with van der Waals surface area (Å²) < 4.78 is 13.7. The highest BCUT2D eigenvalue weighted by Crippen LogP contribution is 2.31. The molecule has 0 saturated carbocycles. The fourth-order valence-electron chi connectivity index (χ4n) is 1.59. The molecular formula is C13H11BrClFN2. The minimum Gasteiger partial charge on any atom is -0.383 e. The molecular weight excluding hydrogens is 319 g/mol. The minimum atomic E-state index is -0.357. The second kappa shape index (κ2) is 6.16. The molecule has 1 aromatic heterocycles. The van der Waals surface area contributed by atoms with Crippen LogP contribution in [0, 0.1) is 5.82 Å². The molecule has 2 rings (SSSR count). The maximum absolute atomic E-state index is 13.0. The van der Waals surface area contributed by atoms with Crippen molar-refractivity contribution >= 4 is 33.2 Å². The minimum absolute atomic E-state index is 0.357. The van der Waals surface area contributed by atoms with E-state index in [1.54, 1.807) is 6.20 Å². The van der Waals surface area contributed by atoms with E-state index in [4.69, 9.17) is 11.6 Å². The molecule has 0 amide bonds. The Morgan fingerprint density at radius 1 is 1.39 bits per heavy atom. The molecule has 0 atom stereocenters. The molecule has 2 nitrogen and oxygen atoms in total. The van der Waals surface area contributed by atoms with Gasteiger partial charge in [0.1, 0.15) is 5.82 Å². The highest BCUT2D eigenvalue weighted by molar-refractivity contribution is 9.10. The van der Waals surface area contributed by atoms with Crippen molar-refractivity contribution in [1.82, 2.24) is 4.98 Å². The molecule has 1 N–H and O–H groups in total. The first-order valence-corrected chi connectivity index (χ1v) is 6.61. The van der Waals surface area contributed by atoms with E-state index in [1.807, 2.05) is 18.3 Å². The number of hydrogen-bond acceptors (Lipinski definition) is 2. The summed E-state index contributed by atoms with van der Waals surface area (Å²) in [4.78, 5) is 4.04. The van der Waals surface area contributed by atoms with Crippen molar-refractivity contribution in [3.63, 3.8) is 0 Å². The van der Waals surface area contributed by atoms with Crippen molar-refractivity contribution in [3.8, 4) is 0 Å². The predicted octanol–water partition coefficient (Wildman–Crippen LogP) is 4.29. The molecule has 94 valence electrons. The van der Waals surface area contributed by atoms with Crippen LogP contribution in [0.4, 0.5) is 10.1 Å². The summed E-state index contributed by atoms with van der Waals surface area (Å²) in [5.74, 6) is -0.357. The van der Waals surface area contributed by atoms with Crippen molar-refractivity contribution in [2.45, 2.75) is 6.42 Å². The first kappa shape index (κ1) is 13.3. The summed E-state index contributed by atoms with van der Waals surface area (Å²) >= 11 is 9.26.